The van der Waals surface area contributed by atoms with Crippen LogP contribution in [-0.2, 0) is 4.79 Å². The van der Waals surface area contributed by atoms with Crippen LogP contribution >= 0.6 is 11.6 Å². The van der Waals surface area contributed by atoms with Crippen molar-refractivity contribution in [1.29, 1.82) is 5.26 Å². The van der Waals surface area contributed by atoms with Crippen molar-refractivity contribution in [1.82, 2.24) is 20.1 Å². The number of aromatic nitrogens is 1. The number of aliphatic imine (C=N–C) groups is 1. The molecule has 1 saturated heterocycles. The first-order valence-electron chi connectivity index (χ1n) is 12.4. The van der Waals surface area contributed by atoms with Crippen molar-refractivity contribution in [3.8, 4) is 11.8 Å². The monoisotopic (exact) mass is 530 g/mol. The van der Waals surface area contributed by atoms with Crippen LogP contribution in [0.1, 0.15) is 48.2 Å². The molecule has 2 aliphatic rings. The third kappa shape index (κ3) is 4.95. The highest BCUT2D eigenvalue weighted by Crippen LogP contribution is 2.45. The van der Waals surface area contributed by atoms with Crippen LogP contribution in [0, 0.1) is 11.3 Å². The lowest BCUT2D eigenvalue weighted by Crippen LogP contribution is -2.55. The zero-order valence-electron chi connectivity index (χ0n) is 21.0. The Morgan fingerprint density at radius 2 is 1.97 bits per heavy atom. The van der Waals surface area contributed by atoms with E-state index in [9.17, 15) is 14.9 Å². The number of rotatable bonds is 5. The fourth-order valence-corrected chi connectivity index (χ4v) is 4.92. The number of aromatic amines is 1. The van der Waals surface area contributed by atoms with E-state index in [4.69, 9.17) is 21.3 Å². The van der Waals surface area contributed by atoms with E-state index in [0.29, 0.717) is 40.8 Å². The third-order valence-corrected chi connectivity index (χ3v) is 6.72. The quantitative estimate of drug-likeness (QED) is 0.508. The van der Waals surface area contributed by atoms with Crippen LogP contribution in [0.5, 0.6) is 5.75 Å². The zero-order chi connectivity index (χ0) is 26.8. The van der Waals surface area contributed by atoms with Crippen LogP contribution in [0.4, 0.5) is 4.79 Å². The van der Waals surface area contributed by atoms with Gasteiger partial charge in [0, 0.05) is 30.5 Å². The van der Waals surface area contributed by atoms with Gasteiger partial charge in [0.2, 0.25) is 5.91 Å². The van der Waals surface area contributed by atoms with Crippen molar-refractivity contribution in [3.63, 3.8) is 0 Å². The Hall–Kier alpha value is -4.29. The van der Waals surface area contributed by atoms with Crippen molar-refractivity contribution >= 4 is 29.4 Å². The number of ether oxygens (including phenoxy) is 1. The van der Waals surface area contributed by atoms with E-state index in [1.165, 1.54) is 4.90 Å². The standard InChI is InChI=1S/C28H27ClN6O3/c1-17(2)38-23-13-18(14-30)3-8-22(23)27-33-25(19-4-6-21(29)7-5-19)26(20-9-10-31-15-20)35(27)28(37)34-12-11-32-24(36)16-34/h3-10,13,15,17,25-26,31H,11-12,16H2,1-2H3,(H,32,36)/t25-,26+/m0/s1. The molecule has 0 bridgehead atoms. The first-order chi connectivity index (χ1) is 18.4. The second kappa shape index (κ2) is 10.6. The highest BCUT2D eigenvalue weighted by molar-refractivity contribution is 6.30. The number of amides is 3. The molecule has 5 rings (SSSR count). The molecule has 3 heterocycles. The third-order valence-electron chi connectivity index (χ3n) is 6.47. The topological polar surface area (TPSA) is 114 Å². The predicted octanol–water partition coefficient (Wildman–Crippen LogP) is 4.42. The Balaban J connectivity index is 1.69. The summed E-state index contributed by atoms with van der Waals surface area (Å²) in [7, 11) is 0. The summed E-state index contributed by atoms with van der Waals surface area (Å²) in [6.07, 6.45) is 3.48. The van der Waals surface area contributed by atoms with Gasteiger partial charge in [0.05, 0.1) is 29.3 Å². The summed E-state index contributed by atoms with van der Waals surface area (Å²) in [5, 5.41) is 12.9. The lowest BCUT2D eigenvalue weighted by Gasteiger charge is -2.35. The Kier molecular flexibility index (Phi) is 7.07. The van der Waals surface area contributed by atoms with Crippen LogP contribution in [-0.4, -0.2) is 58.3 Å². The summed E-state index contributed by atoms with van der Waals surface area (Å²) >= 11 is 6.18. The molecule has 3 aromatic rings. The number of nitriles is 1. The SMILES string of the molecule is CC(C)Oc1cc(C#N)ccc1C1=N[C@@H](c2ccc(Cl)cc2)[C@@H](c2cc[nH]c2)N1C(=O)N1CCNC(=O)C1. The maximum Gasteiger partial charge on any atom is 0.326 e. The maximum absolute atomic E-state index is 14.2. The van der Waals surface area contributed by atoms with Gasteiger partial charge >= 0.3 is 6.03 Å². The molecule has 1 aromatic heterocycles. The average Bonchev–Trinajstić information content (AvgIpc) is 3.56. The summed E-state index contributed by atoms with van der Waals surface area (Å²) in [6, 6.07) is 15.3. The van der Waals surface area contributed by atoms with Crippen LogP contribution < -0.4 is 10.1 Å². The molecule has 0 aliphatic carbocycles. The molecular formula is C28H27ClN6O3. The minimum atomic E-state index is -0.502. The van der Waals surface area contributed by atoms with Crippen LogP contribution in [0.2, 0.25) is 5.02 Å². The summed E-state index contributed by atoms with van der Waals surface area (Å²) < 4.78 is 6.10. The molecule has 194 valence electrons. The smallest absolute Gasteiger partial charge is 0.326 e. The number of benzene rings is 2. The fourth-order valence-electron chi connectivity index (χ4n) is 4.80. The van der Waals surface area contributed by atoms with E-state index in [-0.39, 0.29) is 24.6 Å². The minimum absolute atomic E-state index is 0.0448. The van der Waals surface area contributed by atoms with Gasteiger partial charge in [-0.3, -0.25) is 14.7 Å². The normalized spacial score (nSPS) is 19.2. The average molecular weight is 531 g/mol. The molecule has 1 fully saturated rings. The molecule has 2 atom stereocenters. The number of halogens is 1. The molecule has 2 N–H and O–H groups in total. The summed E-state index contributed by atoms with van der Waals surface area (Å²) in [6.45, 7) is 4.50. The molecule has 9 nitrogen and oxygen atoms in total. The van der Waals surface area contributed by atoms with E-state index in [1.54, 1.807) is 41.4 Å². The number of H-pyrrole nitrogens is 1. The summed E-state index contributed by atoms with van der Waals surface area (Å²) in [4.78, 5) is 37.8. The number of urea groups is 1. The van der Waals surface area contributed by atoms with Crippen molar-refractivity contribution in [3.05, 3.63) is 88.2 Å². The number of piperazine rings is 1. The summed E-state index contributed by atoms with van der Waals surface area (Å²) in [5.74, 6) is 0.653. The lowest BCUT2D eigenvalue weighted by molar-refractivity contribution is -0.123. The van der Waals surface area contributed by atoms with Crippen LogP contribution in [0.3, 0.4) is 0 Å². The molecular weight excluding hydrogens is 504 g/mol. The van der Waals surface area contributed by atoms with Gasteiger partial charge in [-0.15, -0.1) is 0 Å². The summed E-state index contributed by atoms with van der Waals surface area (Å²) in [5.41, 5.74) is 2.76. The number of nitrogens with zero attached hydrogens (tertiary/aromatic N) is 4. The fraction of sp³-hybridized carbons (Fsp3) is 0.286. The maximum atomic E-state index is 14.2. The highest BCUT2D eigenvalue weighted by Gasteiger charge is 2.45. The number of nitrogens with one attached hydrogen (secondary N) is 2. The predicted molar refractivity (Wildman–Crippen MR) is 143 cm³/mol. The lowest BCUT2D eigenvalue weighted by atomic mass is 9.95. The van der Waals surface area contributed by atoms with E-state index in [1.807, 2.05) is 38.2 Å². The van der Waals surface area contributed by atoms with E-state index < -0.39 is 12.1 Å². The van der Waals surface area contributed by atoms with E-state index >= 15 is 0 Å². The molecule has 0 unspecified atom stereocenters. The van der Waals surface area contributed by atoms with Crippen LogP contribution in [0.25, 0.3) is 0 Å². The second-order valence-electron chi connectivity index (χ2n) is 9.45. The number of carbonyl (C=O) groups excluding carboxylic acids is 2. The number of hydrogen-bond donors (Lipinski definition) is 2. The van der Waals surface area contributed by atoms with Gasteiger partial charge in [-0.1, -0.05) is 23.7 Å². The van der Waals surface area contributed by atoms with Crippen LogP contribution in [0.15, 0.2) is 65.9 Å². The van der Waals surface area contributed by atoms with Gasteiger partial charge < -0.3 is 19.9 Å². The largest absolute Gasteiger partial charge is 0.490 e. The first-order valence-corrected chi connectivity index (χ1v) is 12.8. The number of amidine groups is 1. The Bertz CT molecular complexity index is 1410. The van der Waals surface area contributed by atoms with Gasteiger partial charge in [-0.05, 0) is 61.4 Å². The second-order valence-corrected chi connectivity index (χ2v) is 9.89. The molecule has 3 amide bonds. The Morgan fingerprint density at radius 1 is 1.18 bits per heavy atom. The zero-order valence-corrected chi connectivity index (χ0v) is 21.8. The molecule has 2 aromatic carbocycles. The van der Waals surface area contributed by atoms with Crippen molar-refractivity contribution < 1.29 is 14.3 Å². The molecule has 0 radical (unpaired) electrons. The van der Waals surface area contributed by atoms with Gasteiger partial charge in [0.25, 0.3) is 0 Å². The van der Waals surface area contributed by atoms with Crippen molar-refractivity contribution in [2.75, 3.05) is 19.6 Å². The van der Waals surface area contributed by atoms with E-state index in [2.05, 4.69) is 16.4 Å². The highest BCUT2D eigenvalue weighted by atomic mass is 35.5. The van der Waals surface area contributed by atoms with E-state index in [0.717, 1.165) is 11.1 Å². The molecule has 10 heteroatoms. The molecule has 2 aliphatic heterocycles. The number of carbonyl (C=O) groups is 2. The molecule has 38 heavy (non-hydrogen) atoms. The van der Waals surface area contributed by atoms with Crippen molar-refractivity contribution in [2.24, 2.45) is 4.99 Å². The Morgan fingerprint density at radius 3 is 2.63 bits per heavy atom. The Labute approximate surface area is 225 Å². The van der Waals surface area contributed by atoms with Gasteiger partial charge in [-0.25, -0.2) is 4.79 Å². The molecule has 0 spiro atoms. The van der Waals surface area contributed by atoms with Gasteiger partial charge in [-0.2, -0.15) is 5.26 Å². The molecule has 0 saturated carbocycles. The van der Waals surface area contributed by atoms with Crippen molar-refractivity contribution in [2.45, 2.75) is 32.0 Å². The number of hydrogen-bond acceptors (Lipinski definition) is 5. The van der Waals surface area contributed by atoms with Gasteiger partial charge in [0.15, 0.2) is 0 Å². The van der Waals surface area contributed by atoms with Gasteiger partial charge in [0.1, 0.15) is 24.2 Å². The minimum Gasteiger partial charge on any atom is -0.490 e. The first kappa shape index (κ1) is 25.4.